The Bertz CT molecular complexity index is 462. The molecule has 0 unspecified atom stereocenters. The van der Waals surface area contributed by atoms with Crippen LogP contribution in [0.3, 0.4) is 0 Å². The molecule has 5 nitrogen and oxygen atoms in total. The number of carbonyl (C=O) groups excluding carboxylic acids is 1. The molecule has 116 valence electrons. The van der Waals surface area contributed by atoms with Crippen LogP contribution in [-0.4, -0.2) is 29.6 Å². The molecule has 0 heterocycles. The molecule has 0 saturated carbocycles. The Hall–Kier alpha value is -1.15. The molecule has 21 heavy (non-hydrogen) atoms. The number of rotatable bonds is 9. The molecule has 0 spiro atoms. The Morgan fingerprint density at radius 3 is 2.52 bits per heavy atom. The molecule has 0 fully saturated rings. The van der Waals surface area contributed by atoms with Gasteiger partial charge in [-0.1, -0.05) is 12.1 Å². The summed E-state index contributed by atoms with van der Waals surface area (Å²) >= 11 is 2.25. The minimum Gasteiger partial charge on any atom is -0.480 e. The zero-order chi connectivity index (χ0) is 15.7. The molecule has 1 aromatic rings. The Labute approximate surface area is 138 Å². The van der Waals surface area contributed by atoms with Crippen LogP contribution in [0.4, 0.5) is 0 Å². The van der Waals surface area contributed by atoms with Crippen molar-refractivity contribution in [2.45, 2.75) is 38.1 Å². The highest BCUT2D eigenvalue weighted by atomic mass is 131. The minimum absolute atomic E-state index is 0.0242. The van der Waals surface area contributed by atoms with E-state index in [4.69, 9.17) is 10.8 Å². The van der Waals surface area contributed by atoms with Crippen molar-refractivity contribution < 1.29 is 14.7 Å². The van der Waals surface area contributed by atoms with E-state index in [1.54, 1.807) is 0 Å². The molecule has 0 aliphatic heterocycles. The number of hydrogen-bond donors (Lipinski definition) is 3. The summed E-state index contributed by atoms with van der Waals surface area (Å²) in [5.74, 6) is -0.951. The highest BCUT2D eigenvalue weighted by Crippen LogP contribution is 2.08. The lowest BCUT2D eigenvalue weighted by molar-refractivity contribution is -0.138. The lowest BCUT2D eigenvalue weighted by Crippen LogP contribution is -2.30. The van der Waals surface area contributed by atoms with Crippen molar-refractivity contribution in [3.8, 4) is 0 Å². The van der Waals surface area contributed by atoms with Gasteiger partial charge < -0.3 is 16.2 Å². The topological polar surface area (TPSA) is 92.4 Å². The van der Waals surface area contributed by atoms with Crippen LogP contribution in [0.5, 0.6) is 0 Å². The number of nitrogens with two attached hydrogens (primary N) is 1. The van der Waals surface area contributed by atoms with Crippen molar-refractivity contribution in [3.63, 3.8) is 0 Å². The second kappa shape index (κ2) is 9.73. The largest absolute Gasteiger partial charge is 0.480 e. The van der Waals surface area contributed by atoms with Crippen LogP contribution < -0.4 is 11.1 Å². The van der Waals surface area contributed by atoms with Crippen molar-refractivity contribution in [3.05, 3.63) is 33.4 Å². The number of carbonyl (C=O) groups is 2. The second-order valence-electron chi connectivity index (χ2n) is 4.92. The van der Waals surface area contributed by atoms with Crippen molar-refractivity contribution >= 4 is 34.5 Å². The summed E-state index contributed by atoms with van der Waals surface area (Å²) in [7, 11) is 0. The number of hydrogen-bond acceptors (Lipinski definition) is 3. The van der Waals surface area contributed by atoms with Crippen molar-refractivity contribution in [1.82, 2.24) is 5.32 Å². The molecule has 4 N–H and O–H groups in total. The van der Waals surface area contributed by atoms with Crippen LogP contribution in [0.2, 0.25) is 0 Å². The first kappa shape index (κ1) is 17.9. The molecular formula is C15H21IN2O3. The first-order valence-electron chi connectivity index (χ1n) is 6.98. The van der Waals surface area contributed by atoms with Gasteiger partial charge in [0.2, 0.25) is 5.91 Å². The van der Waals surface area contributed by atoms with Gasteiger partial charge in [-0.2, -0.15) is 0 Å². The Morgan fingerprint density at radius 2 is 1.90 bits per heavy atom. The summed E-state index contributed by atoms with van der Waals surface area (Å²) in [5, 5.41) is 11.5. The van der Waals surface area contributed by atoms with E-state index in [0.717, 1.165) is 18.4 Å². The number of nitrogens with one attached hydrogen (secondary N) is 1. The second-order valence-corrected chi connectivity index (χ2v) is 6.16. The Morgan fingerprint density at radius 1 is 1.24 bits per heavy atom. The van der Waals surface area contributed by atoms with Crippen molar-refractivity contribution in [2.75, 3.05) is 6.54 Å². The summed E-state index contributed by atoms with van der Waals surface area (Å²) in [6, 6.07) is 7.31. The van der Waals surface area contributed by atoms with Gasteiger partial charge in [-0.3, -0.25) is 9.59 Å². The fraction of sp³-hybridized carbons (Fsp3) is 0.467. The number of aryl methyl sites for hydroxylation is 1. The summed E-state index contributed by atoms with van der Waals surface area (Å²) in [4.78, 5) is 22.2. The molecule has 0 saturated heterocycles. The molecule has 1 rings (SSSR count). The summed E-state index contributed by atoms with van der Waals surface area (Å²) in [6.45, 7) is 0.567. The number of carboxylic acid groups (broad SMARTS) is 1. The Kier molecular flexibility index (Phi) is 8.29. The lowest BCUT2D eigenvalue weighted by atomic mass is 10.1. The van der Waals surface area contributed by atoms with Gasteiger partial charge in [-0.15, -0.1) is 0 Å². The average Bonchev–Trinajstić information content (AvgIpc) is 2.46. The van der Waals surface area contributed by atoms with E-state index in [0.29, 0.717) is 25.8 Å². The van der Waals surface area contributed by atoms with E-state index in [1.165, 1.54) is 3.57 Å². The molecule has 6 heteroatoms. The van der Waals surface area contributed by atoms with E-state index >= 15 is 0 Å². The van der Waals surface area contributed by atoms with Crippen molar-refractivity contribution in [2.24, 2.45) is 5.73 Å². The van der Waals surface area contributed by atoms with Gasteiger partial charge >= 0.3 is 5.97 Å². The van der Waals surface area contributed by atoms with E-state index in [-0.39, 0.29) is 5.91 Å². The maximum atomic E-state index is 11.7. The fourth-order valence-corrected chi connectivity index (χ4v) is 2.20. The number of amides is 1. The van der Waals surface area contributed by atoms with Gasteiger partial charge in [0.05, 0.1) is 0 Å². The van der Waals surface area contributed by atoms with Gasteiger partial charge in [0.1, 0.15) is 6.04 Å². The highest BCUT2D eigenvalue weighted by Gasteiger charge is 2.10. The van der Waals surface area contributed by atoms with E-state index < -0.39 is 12.0 Å². The molecule has 0 aliphatic carbocycles. The van der Waals surface area contributed by atoms with Crippen LogP contribution >= 0.6 is 22.6 Å². The SMILES string of the molecule is N[C@@H](CCCCNC(=O)CCc1ccc([131I])cc1)C(=O)O. The first-order chi connectivity index (χ1) is 9.99. The van der Waals surface area contributed by atoms with Crippen LogP contribution in [0.15, 0.2) is 24.3 Å². The van der Waals surface area contributed by atoms with E-state index in [1.807, 2.05) is 24.3 Å². The smallest absolute Gasteiger partial charge is 0.320 e. The number of aliphatic carboxylic acids is 1. The minimum atomic E-state index is -0.975. The number of carboxylic acids is 1. The van der Waals surface area contributed by atoms with Gasteiger partial charge in [0.15, 0.2) is 0 Å². The van der Waals surface area contributed by atoms with Gasteiger partial charge in [0.25, 0.3) is 0 Å². The third-order valence-corrected chi connectivity index (χ3v) is 3.85. The summed E-state index contributed by atoms with van der Waals surface area (Å²) in [5.41, 5.74) is 6.54. The quantitative estimate of drug-likeness (QED) is 0.430. The van der Waals surface area contributed by atoms with Crippen LogP contribution in [-0.2, 0) is 16.0 Å². The van der Waals surface area contributed by atoms with E-state index in [9.17, 15) is 9.59 Å². The normalized spacial score (nSPS) is 11.9. The third-order valence-electron chi connectivity index (χ3n) is 3.14. The van der Waals surface area contributed by atoms with Gasteiger partial charge in [-0.05, 0) is 66.0 Å². The molecule has 0 aromatic heterocycles. The molecule has 0 aliphatic rings. The maximum absolute atomic E-state index is 11.7. The van der Waals surface area contributed by atoms with Crippen LogP contribution in [0.25, 0.3) is 0 Å². The first-order valence-corrected chi connectivity index (χ1v) is 8.06. The number of benzene rings is 1. The van der Waals surface area contributed by atoms with Crippen LogP contribution in [0, 0.1) is 3.57 Å². The Balaban J connectivity index is 2.09. The molecular weight excluding hydrogens is 387 g/mol. The van der Waals surface area contributed by atoms with Gasteiger partial charge in [0, 0.05) is 16.5 Å². The third kappa shape index (κ3) is 8.01. The predicted molar refractivity (Wildman–Crippen MR) is 90.0 cm³/mol. The van der Waals surface area contributed by atoms with E-state index in [2.05, 4.69) is 27.9 Å². The molecule has 1 amide bonds. The number of halogens is 1. The fourth-order valence-electron chi connectivity index (χ4n) is 1.84. The molecule has 0 radical (unpaired) electrons. The molecule has 0 bridgehead atoms. The van der Waals surface area contributed by atoms with Crippen LogP contribution in [0.1, 0.15) is 31.2 Å². The summed E-state index contributed by atoms with van der Waals surface area (Å²) < 4.78 is 1.18. The average molecular weight is 408 g/mol. The van der Waals surface area contributed by atoms with Gasteiger partial charge in [-0.25, -0.2) is 0 Å². The maximum Gasteiger partial charge on any atom is 0.320 e. The summed E-state index contributed by atoms with van der Waals surface area (Å²) in [6.07, 6.45) is 3.08. The zero-order valence-electron chi connectivity index (χ0n) is 11.8. The molecule has 1 atom stereocenters. The van der Waals surface area contributed by atoms with Crippen molar-refractivity contribution in [1.29, 1.82) is 0 Å². The highest BCUT2D eigenvalue weighted by molar-refractivity contribution is 14.1. The molecule has 1 aromatic carbocycles. The zero-order valence-corrected chi connectivity index (χ0v) is 14.0. The lowest BCUT2D eigenvalue weighted by Gasteiger charge is -2.07. The standard InChI is InChI=1S/C15H21IN2O3/c16-12-7-4-11(5-8-12)6-9-14(19)18-10-2-1-3-13(17)15(20)21/h4-5,7-8,13H,1-3,6,9-10,17H2,(H,18,19)(H,20,21)/t13-/m0/s1/i16+4. The monoisotopic (exact) mass is 408 g/mol. The predicted octanol–water partition coefficient (Wildman–Crippen LogP) is 1.92. The number of unbranched alkanes of at least 4 members (excludes halogenated alkanes) is 1.